The van der Waals surface area contributed by atoms with Crippen LogP contribution in [0.1, 0.15) is 43.2 Å². The third kappa shape index (κ3) is 1.62. The molecule has 1 saturated carbocycles. The first-order chi connectivity index (χ1) is 10.0. The van der Waals surface area contributed by atoms with E-state index < -0.39 is 0 Å². The molecule has 3 aliphatic rings. The van der Waals surface area contributed by atoms with E-state index in [4.69, 9.17) is 0 Å². The zero-order valence-corrected chi connectivity index (χ0v) is 12.4. The summed E-state index contributed by atoms with van der Waals surface area (Å²) in [4.78, 5) is 12.1. The number of hydrogen-bond donors (Lipinski definition) is 1. The van der Waals surface area contributed by atoms with Crippen LogP contribution in [-0.2, 0) is 11.2 Å². The first-order valence-corrected chi connectivity index (χ1v) is 7.78. The number of fused-ring (bicyclic) bond motifs is 5. The summed E-state index contributed by atoms with van der Waals surface area (Å²) < 4.78 is 0. The van der Waals surface area contributed by atoms with Crippen LogP contribution in [0.2, 0.25) is 0 Å². The Balaban J connectivity index is 1.79. The number of carbonyl (C=O) groups is 1. The number of phenolic OH excluding ortho intramolecular Hbond substituents is 1. The van der Waals surface area contributed by atoms with Crippen molar-refractivity contribution < 1.29 is 9.90 Å². The molecule has 0 heterocycles. The number of phenols is 1. The standard InChI is InChI=1S/C19H20O2/c1-11-18(21)10-17-16-5-3-12-9-13(20)4-6-14(12)15(16)7-8-19(11,17)2/h4,6,9-10,15-16,20H,1,3,5,7-8H2,2H3/t15-,16-,19-/m1/s1. The molecule has 2 heteroatoms. The van der Waals surface area contributed by atoms with Gasteiger partial charge in [0.2, 0.25) is 0 Å². The Morgan fingerprint density at radius 1 is 1.29 bits per heavy atom. The van der Waals surface area contributed by atoms with Gasteiger partial charge in [-0.25, -0.2) is 0 Å². The van der Waals surface area contributed by atoms with E-state index in [1.165, 1.54) is 16.7 Å². The predicted octanol–water partition coefficient (Wildman–Crippen LogP) is 3.90. The number of rotatable bonds is 0. The molecule has 0 radical (unpaired) electrons. The van der Waals surface area contributed by atoms with E-state index in [0.717, 1.165) is 31.3 Å². The number of benzene rings is 1. The summed E-state index contributed by atoms with van der Waals surface area (Å²) in [5.41, 5.74) is 4.65. The fraction of sp³-hybridized carbons (Fsp3) is 0.421. The maximum Gasteiger partial charge on any atom is 0.182 e. The Kier molecular flexibility index (Phi) is 2.51. The summed E-state index contributed by atoms with van der Waals surface area (Å²) in [6.45, 7) is 6.24. The van der Waals surface area contributed by atoms with Gasteiger partial charge in [0.15, 0.2) is 5.78 Å². The van der Waals surface area contributed by atoms with E-state index in [1.807, 2.05) is 12.1 Å². The van der Waals surface area contributed by atoms with Crippen LogP contribution in [-0.4, -0.2) is 10.9 Å². The van der Waals surface area contributed by atoms with Crippen LogP contribution in [0.25, 0.3) is 0 Å². The van der Waals surface area contributed by atoms with Crippen LogP contribution in [0, 0.1) is 11.3 Å². The van der Waals surface area contributed by atoms with Gasteiger partial charge in [0.05, 0.1) is 0 Å². The van der Waals surface area contributed by atoms with Crippen molar-refractivity contribution in [2.24, 2.45) is 11.3 Å². The Morgan fingerprint density at radius 2 is 2.10 bits per heavy atom. The lowest BCUT2D eigenvalue weighted by Gasteiger charge is -2.46. The lowest BCUT2D eigenvalue weighted by molar-refractivity contribution is -0.111. The van der Waals surface area contributed by atoms with E-state index in [0.29, 0.717) is 17.6 Å². The lowest BCUT2D eigenvalue weighted by Crippen LogP contribution is -2.35. The van der Waals surface area contributed by atoms with Crippen molar-refractivity contribution in [3.05, 3.63) is 53.1 Å². The molecule has 3 atom stereocenters. The molecular formula is C19H20O2. The molecule has 0 aliphatic heterocycles. The average Bonchev–Trinajstić information content (AvgIpc) is 2.70. The molecule has 21 heavy (non-hydrogen) atoms. The van der Waals surface area contributed by atoms with Crippen molar-refractivity contribution in [1.29, 1.82) is 0 Å². The smallest absolute Gasteiger partial charge is 0.182 e. The monoisotopic (exact) mass is 280 g/mol. The molecule has 108 valence electrons. The predicted molar refractivity (Wildman–Crippen MR) is 82.2 cm³/mol. The minimum Gasteiger partial charge on any atom is -0.508 e. The van der Waals surface area contributed by atoms with Crippen LogP contribution < -0.4 is 0 Å². The molecule has 0 unspecified atom stereocenters. The minimum atomic E-state index is -0.104. The average molecular weight is 280 g/mol. The molecule has 1 aromatic rings. The zero-order chi connectivity index (χ0) is 14.8. The molecule has 2 nitrogen and oxygen atoms in total. The van der Waals surface area contributed by atoms with Gasteiger partial charge in [-0.05, 0) is 66.9 Å². The second-order valence-corrected chi connectivity index (χ2v) is 6.95. The molecular weight excluding hydrogens is 260 g/mol. The van der Waals surface area contributed by atoms with Crippen LogP contribution in [0.4, 0.5) is 0 Å². The molecule has 1 fully saturated rings. The Bertz CT molecular complexity index is 698. The molecule has 4 rings (SSSR count). The number of ketones is 1. The zero-order valence-electron chi connectivity index (χ0n) is 12.4. The van der Waals surface area contributed by atoms with E-state index in [2.05, 4.69) is 19.6 Å². The summed E-state index contributed by atoms with van der Waals surface area (Å²) in [5, 5.41) is 9.68. The number of allylic oxidation sites excluding steroid dienone is 3. The summed E-state index contributed by atoms with van der Waals surface area (Å²) in [6, 6.07) is 5.78. The minimum absolute atomic E-state index is 0.104. The van der Waals surface area contributed by atoms with Crippen molar-refractivity contribution in [3.8, 4) is 5.75 Å². The van der Waals surface area contributed by atoms with Gasteiger partial charge in [0.25, 0.3) is 0 Å². The molecule has 1 aromatic carbocycles. The van der Waals surface area contributed by atoms with E-state index in [1.54, 1.807) is 6.07 Å². The molecule has 1 N–H and O–H groups in total. The van der Waals surface area contributed by atoms with Gasteiger partial charge in [-0.3, -0.25) is 4.79 Å². The van der Waals surface area contributed by atoms with Crippen molar-refractivity contribution in [3.63, 3.8) is 0 Å². The molecule has 0 spiro atoms. The van der Waals surface area contributed by atoms with Crippen LogP contribution in [0.5, 0.6) is 5.75 Å². The summed E-state index contributed by atoms with van der Waals surface area (Å²) >= 11 is 0. The Labute approximate surface area is 125 Å². The topological polar surface area (TPSA) is 37.3 Å². The Hall–Kier alpha value is -1.83. The lowest BCUT2D eigenvalue weighted by atomic mass is 9.58. The molecule has 3 aliphatic carbocycles. The van der Waals surface area contributed by atoms with Gasteiger partial charge in [-0.15, -0.1) is 0 Å². The third-order valence-electron chi connectivity index (χ3n) is 5.98. The SMILES string of the molecule is C=C1C(=O)C=C2[C@@H]3CCc4cc(O)ccc4[C@H]3CC[C@]12C. The van der Waals surface area contributed by atoms with Crippen molar-refractivity contribution in [2.75, 3.05) is 0 Å². The number of aryl methyl sites for hydroxylation is 1. The number of hydrogen-bond acceptors (Lipinski definition) is 2. The maximum atomic E-state index is 12.1. The van der Waals surface area contributed by atoms with Gasteiger partial charge in [-0.1, -0.05) is 25.1 Å². The third-order valence-corrected chi connectivity index (χ3v) is 5.98. The normalized spacial score (nSPS) is 34.0. The second-order valence-electron chi connectivity index (χ2n) is 6.95. The number of carbonyl (C=O) groups excluding carboxylic acids is 1. The van der Waals surface area contributed by atoms with Gasteiger partial charge in [-0.2, -0.15) is 0 Å². The quantitative estimate of drug-likeness (QED) is 0.732. The summed E-state index contributed by atoms with van der Waals surface area (Å²) in [7, 11) is 0. The van der Waals surface area contributed by atoms with Crippen LogP contribution in [0.3, 0.4) is 0 Å². The van der Waals surface area contributed by atoms with E-state index >= 15 is 0 Å². The fourth-order valence-electron chi connectivity index (χ4n) is 4.72. The van der Waals surface area contributed by atoms with E-state index in [9.17, 15) is 9.90 Å². The van der Waals surface area contributed by atoms with Gasteiger partial charge in [0, 0.05) is 11.0 Å². The highest BCUT2D eigenvalue weighted by Gasteiger charge is 2.49. The van der Waals surface area contributed by atoms with Gasteiger partial charge < -0.3 is 5.11 Å². The molecule has 0 saturated heterocycles. The summed E-state index contributed by atoms with van der Waals surface area (Å²) in [6.07, 6.45) is 6.03. The fourth-order valence-corrected chi connectivity index (χ4v) is 4.72. The first-order valence-electron chi connectivity index (χ1n) is 7.78. The first kappa shape index (κ1) is 12.9. The van der Waals surface area contributed by atoms with Gasteiger partial charge in [0.1, 0.15) is 5.75 Å². The highest BCUT2D eigenvalue weighted by atomic mass is 16.3. The van der Waals surface area contributed by atoms with Crippen LogP contribution in [0.15, 0.2) is 42.0 Å². The van der Waals surface area contributed by atoms with Crippen molar-refractivity contribution >= 4 is 5.78 Å². The molecule has 0 amide bonds. The van der Waals surface area contributed by atoms with Crippen molar-refractivity contribution in [1.82, 2.24) is 0 Å². The second kappa shape index (κ2) is 4.09. The van der Waals surface area contributed by atoms with Crippen LogP contribution >= 0.6 is 0 Å². The number of aromatic hydroxyl groups is 1. The van der Waals surface area contributed by atoms with Gasteiger partial charge >= 0.3 is 0 Å². The van der Waals surface area contributed by atoms with Crippen molar-refractivity contribution in [2.45, 2.75) is 38.5 Å². The molecule has 0 aromatic heterocycles. The summed E-state index contributed by atoms with van der Waals surface area (Å²) in [5.74, 6) is 1.44. The largest absolute Gasteiger partial charge is 0.508 e. The highest BCUT2D eigenvalue weighted by Crippen LogP contribution is 2.59. The maximum absolute atomic E-state index is 12.1. The van der Waals surface area contributed by atoms with E-state index in [-0.39, 0.29) is 11.2 Å². The molecule has 0 bridgehead atoms. The highest BCUT2D eigenvalue weighted by molar-refractivity contribution is 6.09. The Morgan fingerprint density at radius 3 is 2.90 bits per heavy atom.